The molecule has 2 aromatic heterocycles. The second kappa shape index (κ2) is 14.7. The van der Waals surface area contributed by atoms with Crippen molar-refractivity contribution in [1.82, 2.24) is 35.3 Å². The summed E-state index contributed by atoms with van der Waals surface area (Å²) in [7, 11) is 0. The number of hydrogen-bond acceptors (Lipinski definition) is 9. The molecule has 0 bridgehead atoms. The molecule has 1 aliphatic heterocycles. The zero-order valence-corrected chi connectivity index (χ0v) is 30.4. The summed E-state index contributed by atoms with van der Waals surface area (Å²) in [4.78, 5) is 29.5. The number of fused-ring (bicyclic) bond motifs is 1. The first-order valence-electron chi connectivity index (χ1n) is 18.6. The SMILES string of the molecule is c1ccc(-c2nc(-c3ccccc3)nc(-c3ccc(C4=NNC(c5cccc(-c6nc(-c7ccccc7)nc(-c7cccc8ccccc78)n6)c5)O4)cc3)n2)cc1. The highest BCUT2D eigenvalue weighted by molar-refractivity contribution is 5.96. The third-order valence-corrected chi connectivity index (χ3v) is 9.75. The van der Waals surface area contributed by atoms with E-state index in [-0.39, 0.29) is 0 Å². The van der Waals surface area contributed by atoms with Crippen LogP contribution in [0.4, 0.5) is 0 Å². The Morgan fingerprint density at radius 1 is 0.368 bits per heavy atom. The number of rotatable bonds is 8. The standard InChI is InChI=1S/C48H32N8O/c1-4-15-32(16-5-1)41-49-42(33-17-6-2-7-18-33)51-44(50-41)35-26-28-36(29-27-35)47-55-56-48(57-47)38-23-12-22-37(30-38)45-52-43(34-19-8-3-9-20-34)53-46(54-45)40-25-13-21-31-14-10-11-24-39(31)40/h1-30,48,56H. The number of nitrogens with zero attached hydrogens (tertiary/aromatic N) is 7. The molecule has 9 aromatic rings. The number of nitrogens with one attached hydrogen (secondary N) is 1. The molecule has 3 heterocycles. The summed E-state index contributed by atoms with van der Waals surface area (Å²) >= 11 is 0. The first-order chi connectivity index (χ1) is 28.2. The summed E-state index contributed by atoms with van der Waals surface area (Å²) in [6.07, 6.45) is -0.516. The van der Waals surface area contributed by atoms with Gasteiger partial charge in [-0.15, -0.1) is 5.10 Å². The van der Waals surface area contributed by atoms with Crippen molar-refractivity contribution in [2.24, 2.45) is 5.10 Å². The molecule has 1 N–H and O–H groups in total. The fourth-order valence-corrected chi connectivity index (χ4v) is 6.86. The molecule has 270 valence electrons. The summed E-state index contributed by atoms with van der Waals surface area (Å²) in [6, 6.07) is 60.2. The number of aromatic nitrogens is 6. The summed E-state index contributed by atoms with van der Waals surface area (Å²) in [5, 5.41) is 6.77. The topological polar surface area (TPSA) is 111 Å². The van der Waals surface area contributed by atoms with Crippen LogP contribution in [-0.4, -0.2) is 35.8 Å². The quantitative estimate of drug-likeness (QED) is 0.164. The Hall–Kier alpha value is -7.91. The molecule has 0 radical (unpaired) electrons. The normalized spacial score (nSPS) is 13.5. The number of ether oxygens (including phenoxy) is 1. The van der Waals surface area contributed by atoms with Gasteiger partial charge in [0.05, 0.1) is 0 Å². The molecule has 0 amide bonds. The first kappa shape index (κ1) is 33.6. The molecule has 1 atom stereocenters. The largest absolute Gasteiger partial charge is 0.446 e. The molecule has 0 aliphatic carbocycles. The van der Waals surface area contributed by atoms with E-state index in [4.69, 9.17) is 34.6 Å². The van der Waals surface area contributed by atoms with Crippen molar-refractivity contribution >= 4 is 16.7 Å². The number of hydrazone groups is 1. The van der Waals surface area contributed by atoms with E-state index in [0.29, 0.717) is 40.8 Å². The highest BCUT2D eigenvalue weighted by Gasteiger charge is 2.24. The molecule has 9 heteroatoms. The van der Waals surface area contributed by atoms with E-state index >= 15 is 0 Å². The maximum Gasteiger partial charge on any atom is 0.240 e. The minimum absolute atomic E-state index is 0.479. The zero-order valence-electron chi connectivity index (χ0n) is 30.4. The summed E-state index contributed by atoms with van der Waals surface area (Å²) in [5.41, 5.74) is 10.2. The Labute approximate surface area is 328 Å². The lowest BCUT2D eigenvalue weighted by atomic mass is 10.0. The van der Waals surface area contributed by atoms with Crippen LogP contribution in [0.3, 0.4) is 0 Å². The Balaban J connectivity index is 0.930. The lowest BCUT2D eigenvalue weighted by Gasteiger charge is -2.14. The van der Waals surface area contributed by atoms with Gasteiger partial charge in [0.2, 0.25) is 12.1 Å². The molecule has 7 aromatic carbocycles. The third kappa shape index (κ3) is 6.85. The second-order valence-corrected chi connectivity index (χ2v) is 13.5. The summed E-state index contributed by atoms with van der Waals surface area (Å²) in [5.74, 6) is 4.05. The van der Waals surface area contributed by atoms with Gasteiger partial charge in [0, 0.05) is 44.5 Å². The van der Waals surface area contributed by atoms with Crippen molar-refractivity contribution in [1.29, 1.82) is 0 Å². The van der Waals surface area contributed by atoms with Crippen LogP contribution in [0.25, 0.3) is 79.1 Å². The molecule has 10 rings (SSSR count). The Bertz CT molecular complexity index is 2840. The van der Waals surface area contributed by atoms with Gasteiger partial charge in [-0.2, -0.15) is 0 Å². The Morgan fingerprint density at radius 3 is 1.40 bits per heavy atom. The fourth-order valence-electron chi connectivity index (χ4n) is 6.86. The van der Waals surface area contributed by atoms with Gasteiger partial charge in [-0.1, -0.05) is 164 Å². The van der Waals surface area contributed by atoms with Crippen molar-refractivity contribution in [2.75, 3.05) is 0 Å². The monoisotopic (exact) mass is 736 g/mol. The van der Waals surface area contributed by atoms with Gasteiger partial charge in [-0.05, 0) is 29.0 Å². The van der Waals surface area contributed by atoms with E-state index in [2.05, 4.69) is 34.8 Å². The first-order valence-corrected chi connectivity index (χ1v) is 18.6. The van der Waals surface area contributed by atoms with Gasteiger partial charge in [0.25, 0.3) is 0 Å². The highest BCUT2D eigenvalue weighted by atomic mass is 16.5. The van der Waals surface area contributed by atoms with Gasteiger partial charge in [-0.3, -0.25) is 5.43 Å². The van der Waals surface area contributed by atoms with E-state index in [1.54, 1.807) is 0 Å². The lowest BCUT2D eigenvalue weighted by molar-refractivity contribution is 0.192. The maximum absolute atomic E-state index is 6.40. The Kier molecular flexibility index (Phi) is 8.69. The van der Waals surface area contributed by atoms with E-state index in [1.165, 1.54) is 0 Å². The fraction of sp³-hybridized carbons (Fsp3) is 0.0208. The van der Waals surface area contributed by atoms with Gasteiger partial charge in [0.1, 0.15) is 0 Å². The van der Waals surface area contributed by atoms with Gasteiger partial charge >= 0.3 is 0 Å². The van der Waals surface area contributed by atoms with Crippen molar-refractivity contribution in [3.8, 4) is 68.3 Å². The summed E-state index contributed by atoms with van der Waals surface area (Å²) < 4.78 is 6.40. The second-order valence-electron chi connectivity index (χ2n) is 13.5. The average Bonchev–Trinajstić information content (AvgIpc) is 3.80. The molecule has 1 unspecified atom stereocenters. The van der Waals surface area contributed by atoms with Crippen molar-refractivity contribution in [2.45, 2.75) is 6.23 Å². The highest BCUT2D eigenvalue weighted by Crippen LogP contribution is 2.32. The predicted octanol–water partition coefficient (Wildman–Crippen LogP) is 10.2. The van der Waals surface area contributed by atoms with Crippen LogP contribution in [-0.2, 0) is 4.74 Å². The maximum atomic E-state index is 6.40. The minimum Gasteiger partial charge on any atom is -0.446 e. The minimum atomic E-state index is -0.516. The molecule has 0 saturated carbocycles. The van der Waals surface area contributed by atoms with Gasteiger partial charge in [-0.25, -0.2) is 29.9 Å². The van der Waals surface area contributed by atoms with Crippen LogP contribution in [0.1, 0.15) is 17.4 Å². The molecule has 0 fully saturated rings. The van der Waals surface area contributed by atoms with E-state index in [0.717, 1.165) is 55.3 Å². The van der Waals surface area contributed by atoms with Crippen LogP contribution >= 0.6 is 0 Å². The summed E-state index contributed by atoms with van der Waals surface area (Å²) in [6.45, 7) is 0. The molecule has 1 aliphatic rings. The van der Waals surface area contributed by atoms with Crippen molar-refractivity contribution in [3.05, 3.63) is 193 Å². The van der Waals surface area contributed by atoms with Gasteiger partial charge < -0.3 is 4.74 Å². The average molecular weight is 737 g/mol. The predicted molar refractivity (Wildman–Crippen MR) is 223 cm³/mol. The van der Waals surface area contributed by atoms with Crippen molar-refractivity contribution in [3.63, 3.8) is 0 Å². The molecule has 0 saturated heterocycles. The van der Waals surface area contributed by atoms with Crippen LogP contribution < -0.4 is 5.43 Å². The molecular formula is C48H32N8O. The van der Waals surface area contributed by atoms with Crippen LogP contribution in [0.2, 0.25) is 0 Å². The Morgan fingerprint density at radius 2 is 0.807 bits per heavy atom. The van der Waals surface area contributed by atoms with E-state index in [1.807, 2.05) is 158 Å². The molecule has 9 nitrogen and oxygen atoms in total. The van der Waals surface area contributed by atoms with Crippen LogP contribution in [0.5, 0.6) is 0 Å². The molecule has 0 spiro atoms. The lowest BCUT2D eigenvalue weighted by Crippen LogP contribution is -2.12. The third-order valence-electron chi connectivity index (χ3n) is 9.75. The van der Waals surface area contributed by atoms with Crippen LogP contribution in [0.15, 0.2) is 187 Å². The van der Waals surface area contributed by atoms with E-state index < -0.39 is 6.23 Å². The molecule has 57 heavy (non-hydrogen) atoms. The number of hydrogen-bond donors (Lipinski definition) is 1. The zero-order chi connectivity index (χ0) is 38.0. The van der Waals surface area contributed by atoms with E-state index in [9.17, 15) is 0 Å². The van der Waals surface area contributed by atoms with Crippen LogP contribution in [0, 0.1) is 0 Å². The van der Waals surface area contributed by atoms with Crippen molar-refractivity contribution < 1.29 is 4.74 Å². The number of benzene rings is 7. The smallest absolute Gasteiger partial charge is 0.240 e. The van der Waals surface area contributed by atoms with Gasteiger partial charge in [0.15, 0.2) is 34.9 Å². The molecular weight excluding hydrogens is 705 g/mol.